The molecular formula is C14H18N2O3S. The first-order valence-corrected chi connectivity index (χ1v) is 8.30. The average molecular weight is 294 g/mol. The Morgan fingerprint density at radius 2 is 2.15 bits per heavy atom. The highest BCUT2D eigenvalue weighted by atomic mass is 32.2. The Kier molecular flexibility index (Phi) is 3.32. The zero-order valence-corrected chi connectivity index (χ0v) is 12.2. The minimum absolute atomic E-state index is 0.383. The van der Waals surface area contributed by atoms with Gasteiger partial charge in [0.05, 0.1) is 0 Å². The summed E-state index contributed by atoms with van der Waals surface area (Å²) in [5, 5.41) is 0.393. The van der Waals surface area contributed by atoms with E-state index in [1.54, 1.807) is 6.92 Å². The number of hydrogen-bond donors (Lipinski definition) is 2. The van der Waals surface area contributed by atoms with Gasteiger partial charge < -0.3 is 4.98 Å². The van der Waals surface area contributed by atoms with Gasteiger partial charge in [0.2, 0.25) is 0 Å². The van der Waals surface area contributed by atoms with Crippen LogP contribution in [-0.2, 0) is 23.1 Å². The van der Waals surface area contributed by atoms with Crippen LogP contribution >= 0.6 is 0 Å². The second-order valence-electron chi connectivity index (χ2n) is 5.23. The van der Waals surface area contributed by atoms with E-state index < -0.39 is 15.5 Å². The number of hydrogen-bond acceptors (Lipinski definition) is 3. The fourth-order valence-electron chi connectivity index (χ4n) is 3.12. The Hall–Kier alpha value is -1.37. The highest BCUT2D eigenvalue weighted by Gasteiger charge is 2.31. The van der Waals surface area contributed by atoms with E-state index in [4.69, 9.17) is 0 Å². The third kappa shape index (κ3) is 2.24. The van der Waals surface area contributed by atoms with Crippen LogP contribution in [0.25, 0.3) is 10.9 Å². The summed E-state index contributed by atoms with van der Waals surface area (Å²) >= 11 is 0. The molecular weight excluding hydrogens is 276 g/mol. The molecule has 2 heterocycles. The maximum Gasteiger partial charge on any atom is 0.281 e. The van der Waals surface area contributed by atoms with Gasteiger partial charge in [-0.1, -0.05) is 25.1 Å². The molecule has 1 aliphatic rings. The predicted octanol–water partition coefficient (Wildman–Crippen LogP) is 2.15. The maximum atomic E-state index is 11.4. The molecule has 3 rings (SSSR count). The summed E-state index contributed by atoms with van der Waals surface area (Å²) in [5.41, 5.74) is 3.40. The van der Waals surface area contributed by atoms with Gasteiger partial charge in [0.25, 0.3) is 10.1 Å². The quantitative estimate of drug-likeness (QED) is 0.851. The molecule has 1 unspecified atom stereocenters. The van der Waals surface area contributed by atoms with E-state index in [9.17, 15) is 13.0 Å². The molecule has 1 aromatic heterocycles. The van der Waals surface area contributed by atoms with Gasteiger partial charge in [-0.3, -0.25) is 9.45 Å². The van der Waals surface area contributed by atoms with Crippen molar-refractivity contribution in [3.63, 3.8) is 0 Å². The van der Waals surface area contributed by atoms with E-state index in [1.807, 2.05) is 23.1 Å². The molecule has 1 atom stereocenters. The van der Waals surface area contributed by atoms with E-state index in [-0.39, 0.29) is 0 Å². The predicted molar refractivity (Wildman–Crippen MR) is 78.0 cm³/mol. The molecule has 0 saturated carbocycles. The standard InChI is InChI=1S/C14H18N2O3S/c1-2-14(20(17,18)19)16-8-7-11-10-5-3-4-6-12(10)15-13(11)9-16/h3-6,14-15H,2,7-9H2,1H3,(H,17,18,19). The molecule has 2 N–H and O–H groups in total. The Bertz CT molecular complexity index is 736. The van der Waals surface area contributed by atoms with Crippen LogP contribution in [0.4, 0.5) is 0 Å². The number of rotatable bonds is 3. The summed E-state index contributed by atoms with van der Waals surface area (Å²) in [5.74, 6) is 0. The number of H-pyrrole nitrogens is 1. The van der Waals surface area contributed by atoms with Crippen LogP contribution in [0, 0.1) is 0 Å². The number of fused-ring (bicyclic) bond motifs is 3. The lowest BCUT2D eigenvalue weighted by molar-refractivity contribution is 0.212. The van der Waals surface area contributed by atoms with Gasteiger partial charge in [-0.25, -0.2) is 0 Å². The number of para-hydroxylation sites is 1. The smallest absolute Gasteiger partial charge is 0.281 e. The van der Waals surface area contributed by atoms with Crippen LogP contribution in [0.3, 0.4) is 0 Å². The number of nitrogens with one attached hydrogen (secondary N) is 1. The summed E-state index contributed by atoms with van der Waals surface area (Å²) in [6, 6.07) is 8.10. The normalized spacial score (nSPS) is 18.1. The first kappa shape index (κ1) is 13.6. The van der Waals surface area contributed by atoms with Gasteiger partial charge >= 0.3 is 0 Å². The van der Waals surface area contributed by atoms with Crippen molar-refractivity contribution in [1.82, 2.24) is 9.88 Å². The topological polar surface area (TPSA) is 73.4 Å². The molecule has 20 heavy (non-hydrogen) atoms. The summed E-state index contributed by atoms with van der Waals surface area (Å²) < 4.78 is 32.2. The van der Waals surface area contributed by atoms with Crippen LogP contribution in [0.5, 0.6) is 0 Å². The Balaban J connectivity index is 1.96. The summed E-state index contributed by atoms with van der Waals surface area (Å²) in [6.07, 6.45) is 1.18. The third-order valence-corrected chi connectivity index (χ3v) is 5.33. The highest BCUT2D eigenvalue weighted by Crippen LogP contribution is 2.29. The van der Waals surface area contributed by atoms with Crippen molar-refractivity contribution < 1.29 is 13.0 Å². The van der Waals surface area contributed by atoms with Crippen molar-refractivity contribution in [1.29, 1.82) is 0 Å². The molecule has 1 aliphatic heterocycles. The SMILES string of the molecule is CCC(N1CCc2c([nH]c3ccccc23)C1)S(=O)(=O)O. The Labute approximate surface area is 118 Å². The summed E-state index contributed by atoms with van der Waals surface area (Å²) in [6.45, 7) is 2.95. The zero-order chi connectivity index (χ0) is 14.3. The van der Waals surface area contributed by atoms with Crippen molar-refractivity contribution >= 4 is 21.0 Å². The molecule has 5 nitrogen and oxygen atoms in total. The lowest BCUT2D eigenvalue weighted by atomic mass is 10.0. The van der Waals surface area contributed by atoms with Crippen molar-refractivity contribution in [2.45, 2.75) is 31.7 Å². The van der Waals surface area contributed by atoms with Crippen LogP contribution in [0.2, 0.25) is 0 Å². The highest BCUT2D eigenvalue weighted by molar-refractivity contribution is 7.86. The van der Waals surface area contributed by atoms with E-state index in [1.165, 1.54) is 10.9 Å². The minimum atomic E-state index is -4.04. The van der Waals surface area contributed by atoms with E-state index in [0.29, 0.717) is 19.5 Å². The molecule has 0 saturated heterocycles. The monoisotopic (exact) mass is 294 g/mol. The largest absolute Gasteiger partial charge is 0.357 e. The van der Waals surface area contributed by atoms with Crippen LogP contribution in [0.15, 0.2) is 24.3 Å². The van der Waals surface area contributed by atoms with E-state index >= 15 is 0 Å². The van der Waals surface area contributed by atoms with Crippen molar-refractivity contribution in [3.8, 4) is 0 Å². The fourth-order valence-corrected chi connectivity index (χ4v) is 4.09. The van der Waals surface area contributed by atoms with Crippen LogP contribution < -0.4 is 0 Å². The maximum absolute atomic E-state index is 11.4. The van der Waals surface area contributed by atoms with Crippen LogP contribution in [-0.4, -0.2) is 34.8 Å². The van der Waals surface area contributed by atoms with Crippen molar-refractivity contribution in [2.24, 2.45) is 0 Å². The Morgan fingerprint density at radius 3 is 2.85 bits per heavy atom. The van der Waals surface area contributed by atoms with Crippen molar-refractivity contribution in [3.05, 3.63) is 35.5 Å². The van der Waals surface area contributed by atoms with Gasteiger partial charge in [-0.2, -0.15) is 8.42 Å². The number of benzene rings is 1. The van der Waals surface area contributed by atoms with Crippen molar-refractivity contribution in [2.75, 3.05) is 6.54 Å². The number of nitrogens with zero attached hydrogens (tertiary/aromatic N) is 1. The molecule has 0 fully saturated rings. The minimum Gasteiger partial charge on any atom is -0.357 e. The lowest BCUT2D eigenvalue weighted by Crippen LogP contribution is -2.43. The third-order valence-electron chi connectivity index (χ3n) is 4.01. The lowest BCUT2D eigenvalue weighted by Gasteiger charge is -2.31. The molecule has 0 radical (unpaired) electrons. The second kappa shape index (κ2) is 4.87. The molecule has 6 heteroatoms. The number of aromatic amines is 1. The fraction of sp³-hybridized carbons (Fsp3) is 0.429. The molecule has 2 aromatic rings. The number of aromatic nitrogens is 1. The first-order chi connectivity index (χ1) is 9.50. The zero-order valence-electron chi connectivity index (χ0n) is 11.3. The molecule has 1 aromatic carbocycles. The second-order valence-corrected chi connectivity index (χ2v) is 6.80. The molecule has 0 spiro atoms. The molecule has 0 bridgehead atoms. The summed E-state index contributed by atoms with van der Waals surface area (Å²) in [7, 11) is -4.04. The van der Waals surface area contributed by atoms with Gasteiger partial charge in [-0.15, -0.1) is 0 Å². The first-order valence-electron chi connectivity index (χ1n) is 6.79. The Morgan fingerprint density at radius 1 is 1.40 bits per heavy atom. The molecule has 0 amide bonds. The van der Waals surface area contributed by atoms with Gasteiger partial charge in [0.15, 0.2) is 0 Å². The van der Waals surface area contributed by atoms with E-state index in [2.05, 4.69) is 11.1 Å². The molecule has 0 aliphatic carbocycles. The van der Waals surface area contributed by atoms with E-state index in [0.717, 1.165) is 17.6 Å². The summed E-state index contributed by atoms with van der Waals surface area (Å²) in [4.78, 5) is 5.18. The van der Waals surface area contributed by atoms with Gasteiger partial charge in [-0.05, 0) is 24.5 Å². The van der Waals surface area contributed by atoms with Crippen LogP contribution in [0.1, 0.15) is 24.6 Å². The average Bonchev–Trinajstić information content (AvgIpc) is 2.75. The van der Waals surface area contributed by atoms with Gasteiger partial charge in [0, 0.05) is 29.7 Å². The molecule has 108 valence electrons. The van der Waals surface area contributed by atoms with Gasteiger partial charge in [0.1, 0.15) is 5.37 Å².